The Kier molecular flexibility index (Phi) is 7.97. The largest absolute Gasteiger partial charge is 0.507 e. The summed E-state index contributed by atoms with van der Waals surface area (Å²) < 4.78 is 57.8. The molecule has 1 amide bonds. The Labute approximate surface area is 252 Å². The average Bonchev–Trinajstić information content (AvgIpc) is 2.96. The highest BCUT2D eigenvalue weighted by atomic mass is 32.2. The van der Waals surface area contributed by atoms with Gasteiger partial charge in [-0.3, -0.25) is 9.78 Å². The fourth-order valence-corrected chi connectivity index (χ4v) is 6.25. The number of hydrogen-bond donors (Lipinski definition) is 1. The number of hydrogen-bond acceptors (Lipinski definition) is 9. The number of phenols is 1. The minimum absolute atomic E-state index is 0.0306. The van der Waals surface area contributed by atoms with Crippen LogP contribution in [-0.4, -0.2) is 75.8 Å². The van der Waals surface area contributed by atoms with E-state index in [1.165, 1.54) is 24.4 Å². The van der Waals surface area contributed by atoms with Crippen molar-refractivity contribution < 1.29 is 27.1 Å². The maximum Gasteiger partial charge on any atom is 0.355 e. The van der Waals surface area contributed by atoms with E-state index in [1.807, 2.05) is 0 Å². The van der Waals surface area contributed by atoms with Gasteiger partial charge in [-0.2, -0.15) is 4.98 Å². The van der Waals surface area contributed by atoms with Crippen molar-refractivity contribution in [3.05, 3.63) is 77.0 Å². The Morgan fingerprint density at radius 3 is 2.50 bits per heavy atom. The first-order valence-corrected chi connectivity index (χ1v) is 15.6. The van der Waals surface area contributed by atoms with Crippen molar-refractivity contribution in [3.63, 3.8) is 0 Å². The zero-order valence-corrected chi connectivity index (χ0v) is 25.3. The predicted molar refractivity (Wildman–Crippen MR) is 161 cm³/mol. The minimum Gasteiger partial charge on any atom is -0.507 e. The van der Waals surface area contributed by atoms with Gasteiger partial charge in [-0.05, 0) is 42.7 Å². The SMILES string of the molecule is C=CC(=O)N1CCN(c2nc(=O)n(-c3c(C(C)C)cncc3S(C)(=O)=O)c3nc(-c4c(O)cccc4F)c(F)cc23)[C@@H](C)C1. The Bertz CT molecular complexity index is 1980. The average molecular weight is 625 g/mol. The third-order valence-electron chi connectivity index (χ3n) is 7.57. The number of piperazine rings is 1. The number of nitrogens with zero attached hydrogens (tertiary/aromatic N) is 6. The van der Waals surface area contributed by atoms with E-state index in [-0.39, 0.29) is 64.9 Å². The van der Waals surface area contributed by atoms with E-state index >= 15 is 4.39 Å². The number of halogens is 2. The van der Waals surface area contributed by atoms with Crippen molar-refractivity contribution >= 4 is 32.6 Å². The van der Waals surface area contributed by atoms with Crippen LogP contribution in [0.3, 0.4) is 0 Å². The standard InChI is InChI=1S/C30H30F2N6O5S/c1-6-24(40)36-10-11-37(17(4)15-36)28-18-12-21(32)26(25-20(31)8-7-9-22(25)39)34-29(18)38(30(41)35-28)27-19(16(2)3)13-33-14-23(27)44(5,42)43/h6-9,12-14,16-17,39H,1,10-11,15H2,2-5H3/t17-/m0/s1. The molecule has 4 aromatic rings. The van der Waals surface area contributed by atoms with Crippen LogP contribution in [0.2, 0.25) is 0 Å². The lowest BCUT2D eigenvalue weighted by molar-refractivity contribution is -0.126. The molecular formula is C30H30F2N6O5S. The monoisotopic (exact) mass is 624 g/mol. The molecule has 230 valence electrons. The summed E-state index contributed by atoms with van der Waals surface area (Å²) in [7, 11) is -3.97. The second kappa shape index (κ2) is 11.4. The molecule has 1 N–H and O–H groups in total. The number of aromatic nitrogens is 4. The van der Waals surface area contributed by atoms with E-state index in [0.717, 1.165) is 29.2 Å². The van der Waals surface area contributed by atoms with Crippen molar-refractivity contribution in [1.29, 1.82) is 0 Å². The van der Waals surface area contributed by atoms with Crippen LogP contribution in [0.1, 0.15) is 32.3 Å². The van der Waals surface area contributed by atoms with Crippen molar-refractivity contribution in [2.75, 3.05) is 30.8 Å². The van der Waals surface area contributed by atoms with Gasteiger partial charge in [-0.25, -0.2) is 31.5 Å². The van der Waals surface area contributed by atoms with Gasteiger partial charge in [0.1, 0.15) is 28.0 Å². The second-order valence-electron chi connectivity index (χ2n) is 10.9. The fourth-order valence-electron chi connectivity index (χ4n) is 5.43. The highest BCUT2D eigenvalue weighted by molar-refractivity contribution is 7.90. The molecule has 1 fully saturated rings. The number of anilines is 1. The molecule has 3 aromatic heterocycles. The molecule has 0 aliphatic carbocycles. The minimum atomic E-state index is -3.97. The molecule has 0 unspecified atom stereocenters. The molecule has 1 aromatic carbocycles. The molecule has 44 heavy (non-hydrogen) atoms. The van der Waals surface area contributed by atoms with Gasteiger partial charge in [-0.15, -0.1) is 0 Å². The second-order valence-corrected chi connectivity index (χ2v) is 12.9. The molecule has 1 aliphatic heterocycles. The summed E-state index contributed by atoms with van der Waals surface area (Å²) in [5, 5.41) is 10.5. The van der Waals surface area contributed by atoms with Crippen molar-refractivity contribution in [2.45, 2.75) is 37.6 Å². The fraction of sp³-hybridized carbons (Fsp3) is 0.300. The Hall–Kier alpha value is -4.72. The van der Waals surface area contributed by atoms with Gasteiger partial charge in [0.15, 0.2) is 21.3 Å². The van der Waals surface area contributed by atoms with Crippen LogP contribution < -0.4 is 10.6 Å². The zero-order valence-electron chi connectivity index (χ0n) is 24.5. The Balaban J connectivity index is 1.90. The summed E-state index contributed by atoms with van der Waals surface area (Å²) in [6, 6.07) is 4.09. The van der Waals surface area contributed by atoms with Gasteiger partial charge in [0.05, 0.1) is 16.6 Å². The van der Waals surface area contributed by atoms with Crippen LogP contribution in [0.4, 0.5) is 14.6 Å². The molecule has 11 nitrogen and oxygen atoms in total. The molecule has 1 aliphatic rings. The van der Waals surface area contributed by atoms with Gasteiger partial charge < -0.3 is 14.9 Å². The molecule has 1 atom stereocenters. The smallest absolute Gasteiger partial charge is 0.355 e. The Morgan fingerprint density at radius 2 is 1.89 bits per heavy atom. The van der Waals surface area contributed by atoms with E-state index in [9.17, 15) is 27.5 Å². The quantitative estimate of drug-likeness (QED) is 0.319. The summed E-state index contributed by atoms with van der Waals surface area (Å²) in [4.78, 5) is 42.1. The maximum absolute atomic E-state index is 15.9. The van der Waals surface area contributed by atoms with Crippen LogP contribution >= 0.6 is 0 Å². The third-order valence-corrected chi connectivity index (χ3v) is 8.67. The van der Waals surface area contributed by atoms with Crippen LogP contribution in [-0.2, 0) is 14.6 Å². The van der Waals surface area contributed by atoms with Gasteiger partial charge in [-0.1, -0.05) is 26.5 Å². The van der Waals surface area contributed by atoms with E-state index in [4.69, 9.17) is 0 Å². The molecule has 0 radical (unpaired) electrons. The number of phenolic OH excluding ortho intramolecular Hbond substituents is 1. The molecule has 5 rings (SSSR count). The lowest BCUT2D eigenvalue weighted by Gasteiger charge is -2.40. The lowest BCUT2D eigenvalue weighted by atomic mass is 10.0. The molecule has 1 saturated heterocycles. The number of pyridine rings is 2. The first kappa shape index (κ1) is 30.7. The van der Waals surface area contributed by atoms with E-state index < -0.39 is 44.2 Å². The number of aromatic hydroxyl groups is 1. The van der Waals surface area contributed by atoms with E-state index in [1.54, 1.807) is 30.6 Å². The van der Waals surface area contributed by atoms with Gasteiger partial charge in [0.2, 0.25) is 5.91 Å². The lowest BCUT2D eigenvalue weighted by Crippen LogP contribution is -2.54. The number of benzene rings is 1. The molecule has 0 saturated carbocycles. The third kappa shape index (κ3) is 5.29. The van der Waals surface area contributed by atoms with Crippen LogP contribution in [0.15, 0.2) is 59.0 Å². The Morgan fingerprint density at radius 1 is 1.16 bits per heavy atom. The summed E-state index contributed by atoms with van der Waals surface area (Å²) in [6.45, 7) is 9.64. The number of fused-ring (bicyclic) bond motifs is 1. The number of carbonyl (C=O) groups excluding carboxylic acids is 1. The van der Waals surface area contributed by atoms with Crippen molar-refractivity contribution in [1.82, 2.24) is 24.4 Å². The molecular weight excluding hydrogens is 594 g/mol. The maximum atomic E-state index is 15.9. The molecule has 0 spiro atoms. The molecule has 4 heterocycles. The summed E-state index contributed by atoms with van der Waals surface area (Å²) >= 11 is 0. The summed E-state index contributed by atoms with van der Waals surface area (Å²) in [5.41, 5.74) is -1.95. The van der Waals surface area contributed by atoms with Gasteiger partial charge >= 0.3 is 5.69 Å². The highest BCUT2D eigenvalue weighted by Crippen LogP contribution is 2.37. The van der Waals surface area contributed by atoms with Gasteiger partial charge in [0, 0.05) is 44.3 Å². The van der Waals surface area contributed by atoms with E-state index in [0.29, 0.717) is 5.56 Å². The number of sulfone groups is 1. The summed E-state index contributed by atoms with van der Waals surface area (Å²) in [6.07, 6.45) is 4.70. The molecule has 0 bridgehead atoms. The normalized spacial score (nSPS) is 15.7. The summed E-state index contributed by atoms with van der Waals surface area (Å²) in [5.74, 6) is -3.10. The number of carbonyl (C=O) groups is 1. The van der Waals surface area contributed by atoms with Crippen molar-refractivity contribution in [2.24, 2.45) is 0 Å². The van der Waals surface area contributed by atoms with E-state index in [2.05, 4.69) is 21.5 Å². The zero-order chi connectivity index (χ0) is 32.1. The number of rotatable bonds is 6. The predicted octanol–water partition coefficient (Wildman–Crippen LogP) is 3.58. The van der Waals surface area contributed by atoms with Crippen LogP contribution in [0, 0.1) is 11.6 Å². The first-order chi connectivity index (χ1) is 20.7. The van der Waals surface area contributed by atoms with Crippen LogP contribution in [0.25, 0.3) is 28.0 Å². The molecule has 14 heteroatoms. The highest BCUT2D eigenvalue weighted by Gasteiger charge is 2.32. The van der Waals surface area contributed by atoms with Crippen molar-refractivity contribution in [3.8, 4) is 22.7 Å². The topological polar surface area (TPSA) is 139 Å². The van der Waals surface area contributed by atoms with Gasteiger partial charge in [0.25, 0.3) is 0 Å². The van der Waals surface area contributed by atoms with Crippen LogP contribution in [0.5, 0.6) is 5.75 Å². The first-order valence-electron chi connectivity index (χ1n) is 13.7. The number of amides is 1.